The van der Waals surface area contributed by atoms with Crippen LogP contribution in [0.25, 0.3) is 0 Å². The van der Waals surface area contributed by atoms with Gasteiger partial charge in [-0.3, -0.25) is 9.59 Å². The second-order valence-electron chi connectivity index (χ2n) is 7.18. The fourth-order valence-electron chi connectivity index (χ4n) is 4.03. The van der Waals surface area contributed by atoms with Crippen LogP contribution >= 0.6 is 0 Å². The number of likely N-dealkylation sites (tertiary alicyclic amines) is 1. The second-order valence-corrected chi connectivity index (χ2v) is 7.18. The first-order valence-electron chi connectivity index (χ1n) is 9.46. The van der Waals surface area contributed by atoms with Crippen LogP contribution in [0.15, 0.2) is 24.3 Å². The Morgan fingerprint density at radius 3 is 2.92 bits per heavy atom. The zero-order chi connectivity index (χ0) is 18.5. The Morgan fingerprint density at radius 2 is 2.15 bits per heavy atom. The summed E-state index contributed by atoms with van der Waals surface area (Å²) in [6.07, 6.45) is 1.24. The monoisotopic (exact) mass is 359 g/mol. The molecule has 0 radical (unpaired) electrons. The zero-order valence-electron chi connectivity index (χ0n) is 15.7. The SMILES string of the molecule is COCCN1C(=O)C[C@@H](C(=O)N2CCCNCC2)[C@@H]1c1cccc(C)c1. The highest BCUT2D eigenvalue weighted by Crippen LogP contribution is 2.39. The van der Waals surface area contributed by atoms with E-state index in [2.05, 4.69) is 11.4 Å². The van der Waals surface area contributed by atoms with Gasteiger partial charge in [-0.1, -0.05) is 29.8 Å². The fourth-order valence-corrected chi connectivity index (χ4v) is 4.03. The number of aryl methyl sites for hydroxylation is 1. The zero-order valence-corrected chi connectivity index (χ0v) is 15.7. The summed E-state index contributed by atoms with van der Waals surface area (Å²) in [5.74, 6) is -0.174. The summed E-state index contributed by atoms with van der Waals surface area (Å²) >= 11 is 0. The third kappa shape index (κ3) is 4.07. The standard InChI is InChI=1S/C20H29N3O3/c1-15-5-3-6-16(13-15)19-17(14-18(24)23(19)11-12-26-2)20(25)22-9-4-7-21-8-10-22/h3,5-6,13,17,19,21H,4,7-12,14H2,1-2H3/t17-,19+/m1/s1. The maximum Gasteiger partial charge on any atom is 0.228 e. The number of carbonyl (C=O) groups excluding carboxylic acids is 2. The number of hydrogen-bond acceptors (Lipinski definition) is 4. The van der Waals surface area contributed by atoms with Gasteiger partial charge in [-0.15, -0.1) is 0 Å². The Morgan fingerprint density at radius 1 is 1.31 bits per heavy atom. The minimum Gasteiger partial charge on any atom is -0.383 e. The van der Waals surface area contributed by atoms with Gasteiger partial charge in [-0.2, -0.15) is 0 Å². The lowest BCUT2D eigenvalue weighted by Gasteiger charge is -2.31. The number of benzene rings is 1. The van der Waals surface area contributed by atoms with Crippen molar-refractivity contribution in [3.63, 3.8) is 0 Å². The Hall–Kier alpha value is -1.92. The summed E-state index contributed by atoms with van der Waals surface area (Å²) in [5, 5.41) is 3.33. The van der Waals surface area contributed by atoms with Crippen LogP contribution in [0.5, 0.6) is 0 Å². The summed E-state index contributed by atoms with van der Waals surface area (Å²) in [5.41, 5.74) is 2.18. The van der Waals surface area contributed by atoms with Crippen LogP contribution in [0.3, 0.4) is 0 Å². The third-order valence-electron chi connectivity index (χ3n) is 5.32. The number of rotatable bonds is 5. The smallest absolute Gasteiger partial charge is 0.228 e. The molecule has 0 spiro atoms. The summed E-state index contributed by atoms with van der Waals surface area (Å²) in [7, 11) is 1.63. The van der Waals surface area contributed by atoms with E-state index >= 15 is 0 Å². The normalized spacial score (nSPS) is 24.0. The number of hydrogen-bond donors (Lipinski definition) is 1. The van der Waals surface area contributed by atoms with Gasteiger partial charge in [-0.25, -0.2) is 0 Å². The predicted molar refractivity (Wildman–Crippen MR) is 99.7 cm³/mol. The van der Waals surface area contributed by atoms with Gasteiger partial charge in [0.15, 0.2) is 0 Å². The van der Waals surface area contributed by atoms with Gasteiger partial charge in [0, 0.05) is 39.7 Å². The van der Waals surface area contributed by atoms with E-state index in [0.29, 0.717) is 19.7 Å². The first-order valence-corrected chi connectivity index (χ1v) is 9.46. The summed E-state index contributed by atoms with van der Waals surface area (Å²) in [4.78, 5) is 29.7. The highest BCUT2D eigenvalue weighted by molar-refractivity contribution is 5.90. The number of nitrogens with one attached hydrogen (secondary N) is 1. The Labute approximate surface area is 155 Å². The molecule has 6 heteroatoms. The number of carbonyl (C=O) groups is 2. The summed E-state index contributed by atoms with van der Waals surface area (Å²) in [6, 6.07) is 7.95. The Bertz CT molecular complexity index is 641. The largest absolute Gasteiger partial charge is 0.383 e. The van der Waals surface area contributed by atoms with Crippen molar-refractivity contribution >= 4 is 11.8 Å². The topological polar surface area (TPSA) is 61.9 Å². The average Bonchev–Trinajstić information content (AvgIpc) is 2.80. The van der Waals surface area contributed by atoms with Crippen LogP contribution in [0.1, 0.15) is 30.0 Å². The lowest BCUT2D eigenvalue weighted by atomic mass is 9.91. The quantitative estimate of drug-likeness (QED) is 0.862. The van der Waals surface area contributed by atoms with Crippen molar-refractivity contribution < 1.29 is 14.3 Å². The van der Waals surface area contributed by atoms with E-state index in [-0.39, 0.29) is 30.2 Å². The molecule has 0 aromatic heterocycles. The molecular weight excluding hydrogens is 330 g/mol. The molecule has 2 atom stereocenters. The van der Waals surface area contributed by atoms with Gasteiger partial charge < -0.3 is 19.9 Å². The van der Waals surface area contributed by atoms with Crippen LogP contribution in [-0.4, -0.2) is 68.1 Å². The predicted octanol–water partition coefficient (Wildman–Crippen LogP) is 1.35. The molecule has 1 aromatic rings. The summed E-state index contributed by atoms with van der Waals surface area (Å²) in [6.45, 7) is 6.25. The molecular formula is C20H29N3O3. The molecule has 3 rings (SSSR count). The van der Waals surface area contributed by atoms with E-state index in [4.69, 9.17) is 4.74 Å². The minimum absolute atomic E-state index is 0.0415. The van der Waals surface area contributed by atoms with Gasteiger partial charge in [-0.05, 0) is 25.5 Å². The van der Waals surface area contributed by atoms with E-state index in [1.807, 2.05) is 34.9 Å². The second kappa shape index (κ2) is 8.64. The first-order chi connectivity index (χ1) is 12.6. The minimum atomic E-state index is -0.320. The molecule has 0 unspecified atom stereocenters. The lowest BCUT2D eigenvalue weighted by Crippen LogP contribution is -2.41. The maximum absolute atomic E-state index is 13.3. The van der Waals surface area contributed by atoms with E-state index in [1.165, 1.54) is 0 Å². The van der Waals surface area contributed by atoms with Gasteiger partial charge in [0.1, 0.15) is 0 Å². The van der Waals surface area contributed by atoms with Gasteiger partial charge in [0.25, 0.3) is 0 Å². The molecule has 6 nitrogen and oxygen atoms in total. The Balaban J connectivity index is 1.88. The van der Waals surface area contributed by atoms with Crippen molar-refractivity contribution in [2.45, 2.75) is 25.8 Å². The highest BCUT2D eigenvalue weighted by atomic mass is 16.5. The number of amides is 2. The molecule has 1 aromatic carbocycles. The molecule has 2 amide bonds. The van der Waals surface area contributed by atoms with Crippen LogP contribution in [-0.2, 0) is 14.3 Å². The number of methoxy groups -OCH3 is 1. The van der Waals surface area contributed by atoms with Gasteiger partial charge >= 0.3 is 0 Å². The molecule has 2 fully saturated rings. The van der Waals surface area contributed by atoms with Crippen molar-refractivity contribution in [2.24, 2.45) is 5.92 Å². The molecule has 142 valence electrons. The van der Waals surface area contributed by atoms with Crippen LogP contribution < -0.4 is 5.32 Å². The first kappa shape index (κ1) is 18.9. The molecule has 2 aliphatic rings. The van der Waals surface area contributed by atoms with E-state index in [9.17, 15) is 9.59 Å². The Kier molecular flexibility index (Phi) is 6.27. The molecule has 2 heterocycles. The van der Waals surface area contributed by atoms with E-state index in [1.54, 1.807) is 7.11 Å². The van der Waals surface area contributed by atoms with Crippen molar-refractivity contribution in [1.82, 2.24) is 15.1 Å². The fraction of sp³-hybridized carbons (Fsp3) is 0.600. The molecule has 0 bridgehead atoms. The van der Waals surface area contributed by atoms with Crippen molar-refractivity contribution in [3.8, 4) is 0 Å². The number of ether oxygens (including phenoxy) is 1. The van der Waals surface area contributed by atoms with Gasteiger partial charge in [0.05, 0.1) is 18.6 Å². The average molecular weight is 359 g/mol. The van der Waals surface area contributed by atoms with Crippen LogP contribution in [0.2, 0.25) is 0 Å². The van der Waals surface area contributed by atoms with Crippen molar-refractivity contribution in [1.29, 1.82) is 0 Å². The lowest BCUT2D eigenvalue weighted by molar-refractivity contribution is -0.136. The van der Waals surface area contributed by atoms with Crippen molar-refractivity contribution in [3.05, 3.63) is 35.4 Å². The van der Waals surface area contributed by atoms with Crippen molar-refractivity contribution in [2.75, 3.05) is 46.4 Å². The van der Waals surface area contributed by atoms with Crippen LogP contribution in [0.4, 0.5) is 0 Å². The third-order valence-corrected chi connectivity index (χ3v) is 5.32. The van der Waals surface area contributed by atoms with Gasteiger partial charge in [0.2, 0.25) is 11.8 Å². The molecule has 1 N–H and O–H groups in total. The molecule has 2 saturated heterocycles. The van der Waals surface area contributed by atoms with E-state index in [0.717, 1.165) is 37.2 Å². The highest BCUT2D eigenvalue weighted by Gasteiger charge is 2.45. The summed E-state index contributed by atoms with van der Waals surface area (Å²) < 4.78 is 5.19. The molecule has 0 saturated carbocycles. The van der Waals surface area contributed by atoms with E-state index < -0.39 is 0 Å². The maximum atomic E-state index is 13.3. The molecule has 0 aliphatic carbocycles. The molecule has 26 heavy (non-hydrogen) atoms. The van der Waals surface area contributed by atoms with Crippen LogP contribution in [0, 0.1) is 12.8 Å². The number of nitrogens with zero attached hydrogens (tertiary/aromatic N) is 2. The molecule has 2 aliphatic heterocycles.